The molecule has 0 heterocycles. The van der Waals surface area contributed by atoms with Crippen molar-refractivity contribution < 1.29 is 9.53 Å². The molecule has 2 heteroatoms. The van der Waals surface area contributed by atoms with Gasteiger partial charge in [0.25, 0.3) is 0 Å². The van der Waals surface area contributed by atoms with E-state index in [4.69, 9.17) is 4.74 Å². The highest BCUT2D eigenvalue weighted by Crippen LogP contribution is 2.33. The van der Waals surface area contributed by atoms with Gasteiger partial charge in [-0.2, -0.15) is 0 Å². The van der Waals surface area contributed by atoms with Crippen LogP contribution in [-0.4, -0.2) is 11.6 Å². The summed E-state index contributed by atoms with van der Waals surface area (Å²) in [6.07, 6.45) is 9.48. The maximum absolute atomic E-state index is 12.1. The van der Waals surface area contributed by atoms with Crippen LogP contribution in [0.4, 0.5) is 0 Å². The number of ether oxygens (including phenoxy) is 1. The van der Waals surface area contributed by atoms with Crippen molar-refractivity contribution in [2.75, 3.05) is 0 Å². The maximum atomic E-state index is 12.1. The Labute approximate surface area is 99.1 Å². The van der Waals surface area contributed by atoms with Crippen molar-refractivity contribution in [3.05, 3.63) is 12.2 Å². The quantitative estimate of drug-likeness (QED) is 0.499. The Morgan fingerprint density at radius 3 is 2.56 bits per heavy atom. The van der Waals surface area contributed by atoms with Crippen LogP contribution < -0.4 is 0 Å². The first kappa shape index (κ1) is 13.3. The maximum Gasteiger partial charge on any atom is 0.312 e. The molecule has 0 saturated carbocycles. The molecule has 2 nitrogen and oxygen atoms in total. The second-order valence-electron chi connectivity index (χ2n) is 5.98. The summed E-state index contributed by atoms with van der Waals surface area (Å²) in [6, 6.07) is 0. The summed E-state index contributed by atoms with van der Waals surface area (Å²) in [6.45, 7) is 7.80. The van der Waals surface area contributed by atoms with E-state index >= 15 is 0 Å². The van der Waals surface area contributed by atoms with Gasteiger partial charge in [-0.1, -0.05) is 18.6 Å². The Morgan fingerprint density at radius 1 is 1.25 bits per heavy atom. The number of carbonyl (C=O) groups excluding carboxylic acids is 1. The zero-order valence-corrected chi connectivity index (χ0v) is 11.0. The largest absolute Gasteiger partial charge is 0.460 e. The minimum absolute atomic E-state index is 0.0495. The number of esters is 1. The van der Waals surface area contributed by atoms with Crippen LogP contribution in [0.15, 0.2) is 12.2 Å². The SMILES string of the molecule is CC(C)(C)OC(=O)C1(C)C/C=C\CCCC1. The second kappa shape index (κ2) is 5.03. The number of hydrogen-bond donors (Lipinski definition) is 0. The molecule has 0 fully saturated rings. The van der Waals surface area contributed by atoms with E-state index in [1.807, 2.05) is 27.7 Å². The van der Waals surface area contributed by atoms with Crippen molar-refractivity contribution in [2.45, 2.75) is 65.4 Å². The molecular weight excluding hydrogens is 200 g/mol. The Balaban J connectivity index is 2.70. The van der Waals surface area contributed by atoms with Crippen molar-refractivity contribution in [3.8, 4) is 0 Å². The molecule has 0 saturated heterocycles. The van der Waals surface area contributed by atoms with Gasteiger partial charge in [-0.05, 0) is 53.4 Å². The number of hydrogen-bond acceptors (Lipinski definition) is 2. The third kappa shape index (κ3) is 3.99. The topological polar surface area (TPSA) is 26.3 Å². The molecular formula is C14H24O2. The molecule has 16 heavy (non-hydrogen) atoms. The lowest BCUT2D eigenvalue weighted by Gasteiger charge is -2.31. The fraction of sp³-hybridized carbons (Fsp3) is 0.786. The molecule has 1 atom stereocenters. The summed E-state index contributed by atoms with van der Waals surface area (Å²) in [7, 11) is 0. The third-order valence-corrected chi connectivity index (χ3v) is 2.98. The smallest absolute Gasteiger partial charge is 0.312 e. The normalized spacial score (nSPS) is 29.0. The van der Waals surface area contributed by atoms with E-state index in [0.717, 1.165) is 25.7 Å². The Kier molecular flexibility index (Phi) is 4.17. The average molecular weight is 224 g/mol. The van der Waals surface area contributed by atoms with E-state index in [2.05, 4.69) is 12.2 Å². The van der Waals surface area contributed by atoms with Crippen LogP contribution in [0.5, 0.6) is 0 Å². The summed E-state index contributed by atoms with van der Waals surface area (Å²) in [5, 5.41) is 0. The van der Waals surface area contributed by atoms with Crippen molar-refractivity contribution in [3.63, 3.8) is 0 Å². The molecule has 0 amide bonds. The van der Waals surface area contributed by atoms with E-state index in [-0.39, 0.29) is 17.0 Å². The van der Waals surface area contributed by atoms with Crippen molar-refractivity contribution >= 4 is 5.97 Å². The van der Waals surface area contributed by atoms with E-state index in [0.29, 0.717) is 0 Å². The number of rotatable bonds is 1. The Bertz CT molecular complexity index is 273. The first-order valence-corrected chi connectivity index (χ1v) is 6.22. The average Bonchev–Trinajstić information content (AvgIpc) is 2.08. The van der Waals surface area contributed by atoms with E-state index in [1.54, 1.807) is 0 Å². The standard InChI is InChI=1S/C14H24O2/c1-13(2,3)16-12(15)14(4)10-8-6-5-7-9-11-14/h6,8H,5,7,9-11H2,1-4H3/b8-6-. The van der Waals surface area contributed by atoms with Crippen LogP contribution in [0.1, 0.15) is 59.8 Å². The highest BCUT2D eigenvalue weighted by atomic mass is 16.6. The third-order valence-electron chi connectivity index (χ3n) is 2.98. The summed E-state index contributed by atoms with van der Waals surface area (Å²) in [5.41, 5.74) is -0.712. The lowest BCUT2D eigenvalue weighted by atomic mass is 9.80. The molecule has 0 radical (unpaired) electrons. The van der Waals surface area contributed by atoms with Gasteiger partial charge in [0.2, 0.25) is 0 Å². The first-order chi connectivity index (χ1) is 7.33. The first-order valence-electron chi connectivity index (χ1n) is 6.22. The summed E-state index contributed by atoms with van der Waals surface area (Å²) in [5.74, 6) is -0.0495. The summed E-state index contributed by atoms with van der Waals surface area (Å²) in [4.78, 5) is 12.1. The molecule has 0 aromatic rings. The van der Waals surface area contributed by atoms with Crippen LogP contribution >= 0.6 is 0 Å². The van der Waals surface area contributed by atoms with Crippen molar-refractivity contribution in [1.82, 2.24) is 0 Å². The predicted octanol–water partition coefficient (Wildman–Crippen LogP) is 3.85. The summed E-state index contributed by atoms with van der Waals surface area (Å²) < 4.78 is 5.50. The fourth-order valence-corrected chi connectivity index (χ4v) is 1.93. The minimum atomic E-state index is -0.383. The molecule has 0 aromatic carbocycles. The van der Waals surface area contributed by atoms with Gasteiger partial charge >= 0.3 is 5.97 Å². The van der Waals surface area contributed by atoms with Gasteiger partial charge in [-0.3, -0.25) is 4.79 Å². The molecule has 0 aromatic heterocycles. The lowest BCUT2D eigenvalue weighted by molar-refractivity contribution is -0.167. The molecule has 92 valence electrons. The van der Waals surface area contributed by atoms with Crippen LogP contribution in [0, 0.1) is 5.41 Å². The Hall–Kier alpha value is -0.790. The van der Waals surface area contributed by atoms with Crippen molar-refractivity contribution in [1.29, 1.82) is 0 Å². The van der Waals surface area contributed by atoms with Gasteiger partial charge in [-0.15, -0.1) is 0 Å². The molecule has 1 unspecified atom stereocenters. The second-order valence-corrected chi connectivity index (χ2v) is 5.98. The van der Waals surface area contributed by atoms with Gasteiger partial charge in [0, 0.05) is 0 Å². The molecule has 0 N–H and O–H groups in total. The summed E-state index contributed by atoms with van der Waals surface area (Å²) >= 11 is 0. The molecule has 1 aliphatic carbocycles. The van der Waals surface area contributed by atoms with E-state index in [1.165, 1.54) is 6.42 Å². The van der Waals surface area contributed by atoms with Gasteiger partial charge in [0.1, 0.15) is 5.60 Å². The van der Waals surface area contributed by atoms with Gasteiger partial charge < -0.3 is 4.74 Å². The van der Waals surface area contributed by atoms with Crippen LogP contribution in [0.3, 0.4) is 0 Å². The molecule has 1 rings (SSSR count). The van der Waals surface area contributed by atoms with E-state index in [9.17, 15) is 4.79 Å². The predicted molar refractivity (Wildman–Crippen MR) is 66.2 cm³/mol. The van der Waals surface area contributed by atoms with E-state index < -0.39 is 0 Å². The van der Waals surface area contributed by atoms with Crippen LogP contribution in [-0.2, 0) is 9.53 Å². The number of carbonyl (C=O) groups is 1. The highest BCUT2D eigenvalue weighted by molar-refractivity contribution is 5.77. The van der Waals surface area contributed by atoms with Crippen molar-refractivity contribution in [2.24, 2.45) is 5.41 Å². The molecule has 0 spiro atoms. The Morgan fingerprint density at radius 2 is 1.94 bits per heavy atom. The monoisotopic (exact) mass is 224 g/mol. The molecule has 1 aliphatic rings. The highest BCUT2D eigenvalue weighted by Gasteiger charge is 2.35. The molecule has 0 aliphatic heterocycles. The zero-order chi connectivity index (χ0) is 12.2. The lowest BCUT2D eigenvalue weighted by Crippen LogP contribution is -2.35. The fourth-order valence-electron chi connectivity index (χ4n) is 1.93. The van der Waals surface area contributed by atoms with Crippen LogP contribution in [0.25, 0.3) is 0 Å². The van der Waals surface area contributed by atoms with Gasteiger partial charge in [-0.25, -0.2) is 0 Å². The minimum Gasteiger partial charge on any atom is -0.460 e. The number of allylic oxidation sites excluding steroid dienone is 2. The molecule has 0 bridgehead atoms. The van der Waals surface area contributed by atoms with Gasteiger partial charge in [0.05, 0.1) is 5.41 Å². The van der Waals surface area contributed by atoms with Gasteiger partial charge in [0.15, 0.2) is 0 Å². The van der Waals surface area contributed by atoms with Crippen LogP contribution in [0.2, 0.25) is 0 Å². The zero-order valence-electron chi connectivity index (χ0n) is 11.0.